The smallest absolute Gasteiger partial charge is 0.0339 e. The van der Waals surface area contributed by atoms with Gasteiger partial charge in [-0.2, -0.15) is 0 Å². The summed E-state index contributed by atoms with van der Waals surface area (Å²) in [6.07, 6.45) is 1.04. The molecule has 0 aromatic heterocycles. The molecular weight excluding hydrogens is 190 g/mol. The fraction of sp³-hybridized carbons (Fsp3) is 0.250. The Hall–Kier alpha value is -0.340. The second-order valence-corrected chi connectivity index (χ2v) is 3.57. The van der Waals surface area contributed by atoms with Crippen LogP contribution in [0.2, 0.25) is 0 Å². The number of nitrogens with two attached hydrogens (primary N) is 1. The molecule has 0 saturated carbocycles. The van der Waals surface area contributed by atoms with Gasteiger partial charge in [-0.3, -0.25) is 0 Å². The third kappa shape index (κ3) is 0.796. The predicted octanol–water partition coefficient (Wildman–Crippen LogP) is 2.00. The minimum atomic E-state index is 0.285. The van der Waals surface area contributed by atoms with E-state index in [2.05, 4.69) is 34.1 Å². The zero-order chi connectivity index (χ0) is 7.14. The summed E-state index contributed by atoms with van der Waals surface area (Å²) in [5, 5.41) is 0. The van der Waals surface area contributed by atoms with Crippen LogP contribution in [0.15, 0.2) is 22.7 Å². The van der Waals surface area contributed by atoms with Crippen molar-refractivity contribution in [1.29, 1.82) is 0 Å². The van der Waals surface area contributed by atoms with Gasteiger partial charge in [-0.05, 0) is 29.7 Å². The molecule has 2 N–H and O–H groups in total. The standard InChI is InChI=1S/C8H8BrN/c9-6-2-1-5-3-8(10)7(5)4-6/h1-2,4,8H,3,10H2. The van der Waals surface area contributed by atoms with Crippen molar-refractivity contribution in [3.63, 3.8) is 0 Å². The van der Waals surface area contributed by atoms with E-state index in [1.54, 1.807) is 0 Å². The molecule has 52 valence electrons. The van der Waals surface area contributed by atoms with Crippen molar-refractivity contribution in [3.8, 4) is 0 Å². The minimum absolute atomic E-state index is 0.285. The van der Waals surface area contributed by atoms with Crippen LogP contribution in [-0.4, -0.2) is 0 Å². The minimum Gasteiger partial charge on any atom is -0.324 e. The molecule has 1 aromatic carbocycles. The van der Waals surface area contributed by atoms with E-state index in [-0.39, 0.29) is 6.04 Å². The Bertz CT molecular complexity index is 270. The third-order valence-electron chi connectivity index (χ3n) is 1.95. The zero-order valence-corrected chi connectivity index (χ0v) is 7.06. The largest absolute Gasteiger partial charge is 0.324 e. The van der Waals surface area contributed by atoms with Gasteiger partial charge < -0.3 is 5.73 Å². The number of halogens is 1. The van der Waals surface area contributed by atoms with E-state index in [1.165, 1.54) is 11.1 Å². The van der Waals surface area contributed by atoms with Crippen LogP contribution in [-0.2, 0) is 6.42 Å². The Kier molecular flexibility index (Phi) is 1.32. The fourth-order valence-corrected chi connectivity index (χ4v) is 1.69. The molecular formula is C8H8BrN. The molecule has 0 radical (unpaired) electrons. The first-order valence-corrected chi connectivity index (χ1v) is 4.10. The lowest BCUT2D eigenvalue weighted by molar-refractivity contribution is 0.635. The van der Waals surface area contributed by atoms with Crippen molar-refractivity contribution in [1.82, 2.24) is 0 Å². The SMILES string of the molecule is NC1Cc2ccc(Br)cc21. The summed E-state index contributed by atoms with van der Waals surface area (Å²) in [5.41, 5.74) is 8.44. The number of hydrogen-bond donors (Lipinski definition) is 1. The Labute approximate surface area is 68.4 Å². The van der Waals surface area contributed by atoms with Gasteiger partial charge in [0, 0.05) is 10.5 Å². The lowest BCUT2D eigenvalue weighted by Crippen LogP contribution is -2.24. The van der Waals surface area contributed by atoms with Gasteiger partial charge in [0.05, 0.1) is 0 Å². The molecule has 0 amide bonds. The van der Waals surface area contributed by atoms with Crippen LogP contribution in [0.1, 0.15) is 17.2 Å². The monoisotopic (exact) mass is 197 g/mol. The van der Waals surface area contributed by atoms with Crippen molar-refractivity contribution < 1.29 is 0 Å². The predicted molar refractivity (Wildman–Crippen MR) is 44.8 cm³/mol. The maximum Gasteiger partial charge on any atom is 0.0339 e. The Morgan fingerprint density at radius 1 is 1.50 bits per heavy atom. The molecule has 2 heteroatoms. The van der Waals surface area contributed by atoms with Crippen molar-refractivity contribution in [2.24, 2.45) is 5.73 Å². The maximum atomic E-state index is 5.74. The molecule has 1 atom stereocenters. The van der Waals surface area contributed by atoms with Gasteiger partial charge in [0.1, 0.15) is 0 Å². The van der Waals surface area contributed by atoms with Crippen LogP contribution in [0.25, 0.3) is 0 Å². The normalized spacial score (nSPS) is 21.6. The van der Waals surface area contributed by atoms with Gasteiger partial charge in [-0.25, -0.2) is 0 Å². The first kappa shape index (κ1) is 6.38. The summed E-state index contributed by atoms with van der Waals surface area (Å²) in [6.45, 7) is 0. The van der Waals surface area contributed by atoms with Crippen molar-refractivity contribution in [3.05, 3.63) is 33.8 Å². The summed E-state index contributed by atoms with van der Waals surface area (Å²) in [4.78, 5) is 0. The number of fused-ring (bicyclic) bond motifs is 1. The molecule has 0 saturated heterocycles. The third-order valence-corrected chi connectivity index (χ3v) is 2.44. The van der Waals surface area contributed by atoms with E-state index in [1.807, 2.05) is 0 Å². The Morgan fingerprint density at radius 3 is 2.90 bits per heavy atom. The van der Waals surface area contributed by atoms with Gasteiger partial charge >= 0.3 is 0 Å². The molecule has 10 heavy (non-hydrogen) atoms. The van der Waals surface area contributed by atoms with Gasteiger partial charge in [-0.1, -0.05) is 22.0 Å². The average molecular weight is 198 g/mol. The maximum absolute atomic E-state index is 5.74. The average Bonchev–Trinajstić information content (AvgIpc) is 1.92. The molecule has 0 fully saturated rings. The molecule has 1 aliphatic carbocycles. The van der Waals surface area contributed by atoms with E-state index < -0.39 is 0 Å². The second kappa shape index (κ2) is 2.07. The van der Waals surface area contributed by atoms with Crippen molar-refractivity contribution in [2.75, 3.05) is 0 Å². The quantitative estimate of drug-likeness (QED) is 0.677. The summed E-state index contributed by atoms with van der Waals surface area (Å²) in [7, 11) is 0. The van der Waals surface area contributed by atoms with Crippen LogP contribution in [0, 0.1) is 0 Å². The second-order valence-electron chi connectivity index (χ2n) is 2.65. The van der Waals surface area contributed by atoms with Crippen LogP contribution in [0.4, 0.5) is 0 Å². The summed E-state index contributed by atoms with van der Waals surface area (Å²) in [6, 6.07) is 6.57. The van der Waals surface area contributed by atoms with E-state index in [9.17, 15) is 0 Å². The van der Waals surface area contributed by atoms with E-state index >= 15 is 0 Å². The molecule has 0 heterocycles. The highest BCUT2D eigenvalue weighted by Crippen LogP contribution is 2.32. The molecule has 0 spiro atoms. The topological polar surface area (TPSA) is 26.0 Å². The molecule has 1 nitrogen and oxygen atoms in total. The Morgan fingerprint density at radius 2 is 2.30 bits per heavy atom. The van der Waals surface area contributed by atoms with Crippen LogP contribution < -0.4 is 5.73 Å². The number of hydrogen-bond acceptors (Lipinski definition) is 1. The highest BCUT2D eigenvalue weighted by molar-refractivity contribution is 9.10. The van der Waals surface area contributed by atoms with Gasteiger partial charge in [0.25, 0.3) is 0 Å². The molecule has 0 bridgehead atoms. The first-order chi connectivity index (χ1) is 4.77. The van der Waals surface area contributed by atoms with Crippen molar-refractivity contribution >= 4 is 15.9 Å². The Balaban J connectivity index is 2.51. The summed E-state index contributed by atoms with van der Waals surface area (Å²) >= 11 is 3.40. The van der Waals surface area contributed by atoms with Crippen molar-refractivity contribution in [2.45, 2.75) is 12.5 Å². The fourth-order valence-electron chi connectivity index (χ4n) is 1.31. The van der Waals surface area contributed by atoms with E-state index in [0.29, 0.717) is 0 Å². The van der Waals surface area contributed by atoms with Gasteiger partial charge in [0.15, 0.2) is 0 Å². The molecule has 1 unspecified atom stereocenters. The summed E-state index contributed by atoms with van der Waals surface area (Å²) < 4.78 is 1.13. The molecule has 2 rings (SSSR count). The van der Waals surface area contributed by atoms with Crippen LogP contribution in [0.3, 0.4) is 0 Å². The number of benzene rings is 1. The number of rotatable bonds is 0. The van der Waals surface area contributed by atoms with E-state index in [0.717, 1.165) is 10.9 Å². The lowest BCUT2D eigenvalue weighted by atomic mass is 9.84. The van der Waals surface area contributed by atoms with Gasteiger partial charge in [0.2, 0.25) is 0 Å². The highest BCUT2D eigenvalue weighted by atomic mass is 79.9. The van der Waals surface area contributed by atoms with Crippen LogP contribution >= 0.6 is 15.9 Å². The summed E-state index contributed by atoms with van der Waals surface area (Å²) in [5.74, 6) is 0. The lowest BCUT2D eigenvalue weighted by Gasteiger charge is -2.26. The van der Waals surface area contributed by atoms with E-state index in [4.69, 9.17) is 5.73 Å². The molecule has 1 aliphatic rings. The highest BCUT2D eigenvalue weighted by Gasteiger charge is 2.21. The first-order valence-electron chi connectivity index (χ1n) is 3.31. The van der Waals surface area contributed by atoms with Gasteiger partial charge in [-0.15, -0.1) is 0 Å². The molecule has 1 aromatic rings. The molecule has 0 aliphatic heterocycles. The zero-order valence-electron chi connectivity index (χ0n) is 5.47. The van der Waals surface area contributed by atoms with Crippen LogP contribution in [0.5, 0.6) is 0 Å².